The molecule has 0 N–H and O–H groups in total. The molecule has 0 bridgehead atoms. The molecule has 2 aromatic carbocycles. The lowest BCUT2D eigenvalue weighted by Crippen LogP contribution is -2.66. The van der Waals surface area contributed by atoms with Crippen molar-refractivity contribution in [1.82, 2.24) is 4.90 Å². The van der Waals surface area contributed by atoms with Crippen LogP contribution >= 0.6 is 0 Å². The molecule has 1 fully saturated rings. The Morgan fingerprint density at radius 1 is 0.932 bits per heavy atom. The van der Waals surface area contributed by atoms with E-state index < -0.39 is 43.9 Å². The molecule has 0 spiro atoms. The van der Waals surface area contributed by atoms with Crippen molar-refractivity contribution in [1.29, 1.82) is 0 Å². The normalized spacial score (nSPS) is 17.4. The molecule has 242 valence electrons. The summed E-state index contributed by atoms with van der Waals surface area (Å²) in [6.45, 7) is 20.6. The van der Waals surface area contributed by atoms with Gasteiger partial charge in [0.2, 0.25) is 0 Å². The maximum atomic E-state index is 13.2. The average Bonchev–Trinajstić information content (AvgIpc) is 3.21. The molecule has 2 atom stereocenters. The van der Waals surface area contributed by atoms with E-state index in [1.807, 2.05) is 39.0 Å². The number of Topliss-reactive ketones (excluding diaryl/α,β-unsaturated/α-hetero) is 1. The molecular formula is C35H51NO7Si. The van der Waals surface area contributed by atoms with E-state index in [1.54, 1.807) is 19.9 Å². The van der Waals surface area contributed by atoms with Crippen molar-refractivity contribution >= 4 is 36.5 Å². The first-order valence-corrected chi connectivity index (χ1v) is 16.9. The number of benzene rings is 2. The van der Waals surface area contributed by atoms with Gasteiger partial charge in [0.1, 0.15) is 29.3 Å². The van der Waals surface area contributed by atoms with E-state index in [1.165, 1.54) is 36.0 Å². The number of ketones is 1. The summed E-state index contributed by atoms with van der Waals surface area (Å²) in [5.41, 5.74) is -1.61. The van der Waals surface area contributed by atoms with Crippen LogP contribution in [0.1, 0.15) is 76.2 Å². The van der Waals surface area contributed by atoms with Crippen molar-refractivity contribution in [3.63, 3.8) is 0 Å². The molecule has 1 amide bonds. The van der Waals surface area contributed by atoms with E-state index in [0.717, 1.165) is 0 Å². The number of hydrogen-bond donors (Lipinski definition) is 0. The lowest BCUT2D eigenvalue weighted by Gasteiger charge is -2.42. The molecule has 1 aliphatic heterocycles. The highest BCUT2D eigenvalue weighted by molar-refractivity contribution is 6.99. The second-order valence-corrected chi connectivity index (χ2v) is 17.9. The van der Waals surface area contributed by atoms with Crippen LogP contribution in [0, 0.1) is 0 Å². The highest BCUT2D eigenvalue weighted by atomic mass is 28.4. The third-order valence-electron chi connectivity index (χ3n) is 6.93. The Hall–Kier alpha value is -3.27. The van der Waals surface area contributed by atoms with Gasteiger partial charge in [0, 0.05) is 6.92 Å². The van der Waals surface area contributed by atoms with Crippen LogP contribution in [0.3, 0.4) is 0 Å². The Kier molecular flexibility index (Phi) is 12.7. The molecule has 3 rings (SSSR count). The standard InChI is InChI=1S/C32H45NO6Si.C3H6O/c1-24(34)38-28(27-23-36-32(8,9)33(27)29(35)39-30(2,3)4)21-16-22-37-40(31(5,6)7,25-17-12-10-13-18-25)26-19-14-11-15-20-26;1-3(2)4/h10-21,27-28H,22-23H2,1-9H3;1-2H3/b21-16+;/t27-,28+;/m0./s1. The van der Waals surface area contributed by atoms with Crippen LogP contribution in [-0.2, 0) is 28.2 Å². The third kappa shape index (κ3) is 9.87. The fourth-order valence-electron chi connectivity index (χ4n) is 5.30. The largest absolute Gasteiger partial charge is 0.456 e. The minimum absolute atomic E-state index is 0.167. The van der Waals surface area contributed by atoms with Crippen molar-refractivity contribution in [3.8, 4) is 0 Å². The number of hydrogen-bond acceptors (Lipinski definition) is 7. The van der Waals surface area contributed by atoms with Gasteiger partial charge in [-0.05, 0) is 70.0 Å². The van der Waals surface area contributed by atoms with Crippen molar-refractivity contribution in [2.24, 2.45) is 0 Å². The monoisotopic (exact) mass is 625 g/mol. The zero-order chi connectivity index (χ0) is 33.3. The maximum Gasteiger partial charge on any atom is 0.413 e. The SMILES string of the molecule is CC(=O)O[C@H](/C=C/CO[Si](c1ccccc1)(c1ccccc1)C(C)(C)C)[C@@H]1COC(C)(C)N1C(=O)OC(C)(C)C.CC(C)=O. The Morgan fingerprint density at radius 3 is 1.82 bits per heavy atom. The van der Waals surface area contributed by atoms with Gasteiger partial charge in [0.15, 0.2) is 0 Å². The number of nitrogens with zero attached hydrogens (tertiary/aromatic N) is 1. The maximum absolute atomic E-state index is 13.2. The van der Waals surface area contributed by atoms with Gasteiger partial charge in [-0.15, -0.1) is 0 Å². The highest BCUT2D eigenvalue weighted by Gasteiger charge is 2.51. The van der Waals surface area contributed by atoms with E-state index in [4.69, 9.17) is 18.6 Å². The van der Waals surface area contributed by atoms with Gasteiger partial charge in [-0.2, -0.15) is 0 Å². The first-order valence-electron chi connectivity index (χ1n) is 15.0. The summed E-state index contributed by atoms with van der Waals surface area (Å²) in [4.78, 5) is 36.3. The Balaban J connectivity index is 0.00000159. The smallest absolute Gasteiger partial charge is 0.413 e. The van der Waals surface area contributed by atoms with Gasteiger partial charge < -0.3 is 23.4 Å². The topological polar surface area (TPSA) is 91.4 Å². The summed E-state index contributed by atoms with van der Waals surface area (Å²) in [6.07, 6.45) is 2.42. The Morgan fingerprint density at radius 2 is 1.41 bits per heavy atom. The van der Waals surface area contributed by atoms with Gasteiger partial charge in [-0.25, -0.2) is 4.79 Å². The second kappa shape index (κ2) is 15.1. The number of ether oxygens (including phenoxy) is 3. The minimum atomic E-state index is -2.73. The summed E-state index contributed by atoms with van der Waals surface area (Å²) in [7, 11) is -2.73. The van der Waals surface area contributed by atoms with Crippen LogP contribution in [-0.4, -0.2) is 67.7 Å². The summed E-state index contributed by atoms with van der Waals surface area (Å²) in [5.74, 6) is -0.281. The zero-order valence-corrected chi connectivity index (χ0v) is 29.3. The van der Waals surface area contributed by atoms with E-state index in [0.29, 0.717) is 6.61 Å². The second-order valence-electron chi connectivity index (χ2n) is 13.6. The number of carbonyl (C=O) groups is 3. The van der Waals surface area contributed by atoms with E-state index in [-0.39, 0.29) is 17.4 Å². The van der Waals surface area contributed by atoms with Crippen molar-refractivity contribution in [2.75, 3.05) is 13.2 Å². The quantitative estimate of drug-likeness (QED) is 0.201. The first kappa shape index (κ1) is 36.9. The molecule has 1 saturated heterocycles. The van der Waals surface area contributed by atoms with Gasteiger partial charge >= 0.3 is 12.1 Å². The van der Waals surface area contributed by atoms with Crippen LogP contribution in [0.5, 0.6) is 0 Å². The van der Waals surface area contributed by atoms with Crippen LogP contribution in [0.4, 0.5) is 4.79 Å². The highest BCUT2D eigenvalue weighted by Crippen LogP contribution is 2.37. The summed E-state index contributed by atoms with van der Waals surface area (Å²) in [5, 5.41) is 2.19. The van der Waals surface area contributed by atoms with Gasteiger partial charge in [-0.3, -0.25) is 9.69 Å². The van der Waals surface area contributed by atoms with E-state index in [2.05, 4.69) is 69.3 Å². The lowest BCUT2D eigenvalue weighted by molar-refractivity contribution is -0.147. The zero-order valence-electron chi connectivity index (χ0n) is 28.3. The van der Waals surface area contributed by atoms with Gasteiger partial charge in [0.25, 0.3) is 8.32 Å². The fraction of sp³-hybridized carbons (Fsp3) is 0.514. The Bertz CT molecular complexity index is 1220. The molecule has 8 nitrogen and oxygen atoms in total. The summed E-state index contributed by atoms with van der Waals surface area (Å²) >= 11 is 0. The molecule has 0 saturated carbocycles. The molecule has 44 heavy (non-hydrogen) atoms. The van der Waals surface area contributed by atoms with E-state index in [9.17, 15) is 14.4 Å². The van der Waals surface area contributed by atoms with Crippen molar-refractivity contribution in [2.45, 2.75) is 105 Å². The van der Waals surface area contributed by atoms with Crippen molar-refractivity contribution in [3.05, 3.63) is 72.8 Å². The van der Waals surface area contributed by atoms with Gasteiger partial charge in [0.05, 0.1) is 13.2 Å². The molecule has 0 radical (unpaired) electrons. The molecule has 0 unspecified atom stereocenters. The molecule has 0 aliphatic carbocycles. The van der Waals surface area contributed by atoms with E-state index >= 15 is 0 Å². The minimum Gasteiger partial charge on any atom is -0.456 e. The number of esters is 1. The third-order valence-corrected chi connectivity index (χ3v) is 11.9. The molecule has 1 heterocycles. The Labute approximate surface area is 264 Å². The van der Waals surface area contributed by atoms with Crippen molar-refractivity contribution < 1.29 is 33.0 Å². The summed E-state index contributed by atoms with van der Waals surface area (Å²) in [6, 6.07) is 20.3. The molecule has 0 aromatic heterocycles. The molecular weight excluding hydrogens is 574 g/mol. The summed E-state index contributed by atoms with van der Waals surface area (Å²) < 4.78 is 24.3. The number of amides is 1. The predicted octanol–water partition coefficient (Wildman–Crippen LogP) is 6.02. The van der Waals surface area contributed by atoms with Crippen LogP contribution < -0.4 is 10.4 Å². The lowest BCUT2D eigenvalue weighted by atomic mass is 10.1. The van der Waals surface area contributed by atoms with Crippen LogP contribution in [0.25, 0.3) is 0 Å². The fourth-order valence-corrected chi connectivity index (χ4v) is 9.80. The first-order chi connectivity index (χ1) is 20.3. The number of carbonyl (C=O) groups excluding carboxylic acids is 3. The predicted molar refractivity (Wildman–Crippen MR) is 177 cm³/mol. The molecule has 2 aromatic rings. The molecule has 9 heteroatoms. The van der Waals surface area contributed by atoms with Crippen LogP contribution in [0.2, 0.25) is 5.04 Å². The average molecular weight is 626 g/mol. The molecule has 1 aliphatic rings. The van der Waals surface area contributed by atoms with Crippen LogP contribution in [0.15, 0.2) is 72.8 Å². The van der Waals surface area contributed by atoms with Gasteiger partial charge in [-0.1, -0.05) is 87.5 Å². The number of rotatable bonds is 8.